The highest BCUT2D eigenvalue weighted by Gasteiger charge is 2.12. The highest BCUT2D eigenvalue weighted by molar-refractivity contribution is 6.31. The zero-order valence-electron chi connectivity index (χ0n) is 8.48. The summed E-state index contributed by atoms with van der Waals surface area (Å²) in [6.07, 6.45) is 0. The second kappa shape index (κ2) is 4.37. The molecule has 0 aliphatic heterocycles. The molecule has 2 aromatic carbocycles. The molecule has 2 rings (SSSR count). The first-order chi connectivity index (χ1) is 7.68. The quantitative estimate of drug-likeness (QED) is 0.491. The first-order valence-electron chi connectivity index (χ1n) is 4.83. The molecule has 0 amide bonds. The van der Waals surface area contributed by atoms with E-state index in [2.05, 4.69) is 0 Å². The molecule has 0 saturated heterocycles. The lowest BCUT2D eigenvalue weighted by molar-refractivity contribution is 0.103. The third-order valence-corrected chi connectivity index (χ3v) is 2.53. The number of halogens is 1. The summed E-state index contributed by atoms with van der Waals surface area (Å²) in [5, 5.41) is 0.508. The molecule has 2 nitrogen and oxygen atoms in total. The molecule has 0 aliphatic carbocycles. The smallest absolute Gasteiger partial charge is 0.195 e. The van der Waals surface area contributed by atoms with Crippen LogP contribution >= 0.6 is 11.6 Å². The maximum Gasteiger partial charge on any atom is 0.195 e. The Morgan fingerprint density at radius 1 is 1.06 bits per heavy atom. The van der Waals surface area contributed by atoms with Gasteiger partial charge in [0.05, 0.1) is 0 Å². The predicted molar refractivity (Wildman–Crippen MR) is 65.7 cm³/mol. The van der Waals surface area contributed by atoms with E-state index in [1.165, 1.54) is 0 Å². The molecule has 0 bridgehead atoms. The minimum atomic E-state index is -0.111. The maximum absolute atomic E-state index is 12.1. The molecule has 0 radical (unpaired) electrons. The number of hydrogen-bond donors (Lipinski definition) is 1. The average Bonchev–Trinajstić information content (AvgIpc) is 2.32. The summed E-state index contributed by atoms with van der Waals surface area (Å²) in [6.45, 7) is 0. The molecule has 3 heteroatoms. The van der Waals surface area contributed by atoms with E-state index in [4.69, 9.17) is 17.3 Å². The zero-order chi connectivity index (χ0) is 11.5. The lowest BCUT2D eigenvalue weighted by Gasteiger charge is -2.05. The fraction of sp³-hybridized carbons (Fsp3) is 0. The number of carbonyl (C=O) groups excluding carboxylic acids is 1. The molecule has 16 heavy (non-hydrogen) atoms. The Hall–Kier alpha value is -1.80. The van der Waals surface area contributed by atoms with Crippen LogP contribution in [0.4, 0.5) is 5.69 Å². The van der Waals surface area contributed by atoms with Gasteiger partial charge in [0.15, 0.2) is 5.78 Å². The van der Waals surface area contributed by atoms with Crippen LogP contribution in [0, 0.1) is 0 Å². The number of benzene rings is 2. The number of anilines is 1. The fourth-order valence-electron chi connectivity index (χ4n) is 1.47. The van der Waals surface area contributed by atoms with Gasteiger partial charge in [-0.2, -0.15) is 0 Å². The molecule has 0 unspecified atom stereocenters. The zero-order valence-corrected chi connectivity index (χ0v) is 9.24. The molecule has 0 spiro atoms. The van der Waals surface area contributed by atoms with Crippen LogP contribution < -0.4 is 5.73 Å². The van der Waals surface area contributed by atoms with Crippen LogP contribution in [-0.4, -0.2) is 5.78 Å². The summed E-state index contributed by atoms with van der Waals surface area (Å²) in [6, 6.07) is 13.9. The van der Waals surface area contributed by atoms with Crippen molar-refractivity contribution in [2.75, 3.05) is 5.73 Å². The monoisotopic (exact) mass is 232 g/mol. The van der Waals surface area contributed by atoms with E-state index in [-0.39, 0.29) is 5.78 Å². The van der Waals surface area contributed by atoms with Crippen LogP contribution in [0.25, 0.3) is 0 Å². The van der Waals surface area contributed by atoms with Crippen molar-refractivity contribution in [2.24, 2.45) is 0 Å². The maximum atomic E-state index is 12.1. The standard InChI is InChI=1S/C13H10ClNO/c14-10-6-7-12(15)11(8-10)13(16)9-4-2-1-3-5-9/h1-8H,15H2/i13+1. The molecule has 80 valence electrons. The Kier molecular flexibility index (Phi) is 2.93. The predicted octanol–water partition coefficient (Wildman–Crippen LogP) is 3.15. The Morgan fingerprint density at radius 3 is 2.44 bits per heavy atom. The third kappa shape index (κ3) is 2.07. The average molecular weight is 233 g/mol. The van der Waals surface area contributed by atoms with Crippen LogP contribution in [0.15, 0.2) is 48.5 Å². The molecule has 2 N–H and O–H groups in total. The molecule has 2 aromatic rings. The highest BCUT2D eigenvalue weighted by atomic mass is 35.5. The van der Waals surface area contributed by atoms with Crippen LogP contribution in [0.2, 0.25) is 5.02 Å². The number of carbonyl (C=O) groups is 1. The van der Waals surface area contributed by atoms with Crippen LogP contribution in [0.5, 0.6) is 0 Å². The van der Waals surface area contributed by atoms with Gasteiger partial charge in [-0.15, -0.1) is 0 Å². The van der Waals surface area contributed by atoms with E-state index in [0.717, 1.165) is 0 Å². The van der Waals surface area contributed by atoms with Crippen molar-refractivity contribution in [1.29, 1.82) is 0 Å². The summed E-state index contributed by atoms with van der Waals surface area (Å²) < 4.78 is 0. The van der Waals surface area contributed by atoms with E-state index >= 15 is 0 Å². The minimum absolute atomic E-state index is 0.111. The number of nitrogen functional groups attached to an aromatic ring is 1. The lowest BCUT2D eigenvalue weighted by Crippen LogP contribution is -2.04. The second-order valence-corrected chi connectivity index (χ2v) is 3.86. The molecule has 0 heterocycles. The Balaban J connectivity index is 2.46. The normalized spacial score (nSPS) is 10.1. The van der Waals surface area contributed by atoms with Crippen molar-refractivity contribution in [3.63, 3.8) is 0 Å². The molecule has 0 atom stereocenters. The summed E-state index contributed by atoms with van der Waals surface area (Å²) in [5.41, 5.74) is 7.24. The van der Waals surface area contributed by atoms with Gasteiger partial charge < -0.3 is 5.73 Å². The third-order valence-electron chi connectivity index (χ3n) is 2.30. The highest BCUT2D eigenvalue weighted by Crippen LogP contribution is 2.20. The fourth-order valence-corrected chi connectivity index (χ4v) is 1.64. The van der Waals surface area contributed by atoms with Crippen molar-refractivity contribution in [3.05, 3.63) is 64.7 Å². The van der Waals surface area contributed by atoms with E-state index in [1.807, 2.05) is 18.2 Å². The minimum Gasteiger partial charge on any atom is -0.398 e. The molecule has 0 aliphatic rings. The van der Waals surface area contributed by atoms with Gasteiger partial charge >= 0.3 is 0 Å². The Morgan fingerprint density at radius 2 is 1.75 bits per heavy atom. The van der Waals surface area contributed by atoms with Crippen LogP contribution in [-0.2, 0) is 0 Å². The Labute approximate surface area is 98.7 Å². The van der Waals surface area contributed by atoms with Gasteiger partial charge in [-0.3, -0.25) is 4.79 Å². The van der Waals surface area contributed by atoms with Gasteiger partial charge in [-0.25, -0.2) is 0 Å². The second-order valence-electron chi connectivity index (χ2n) is 3.43. The van der Waals surface area contributed by atoms with Gasteiger partial charge in [0.25, 0.3) is 0 Å². The number of rotatable bonds is 2. The SMILES string of the molecule is Nc1ccc(Cl)cc1[13C](=O)c1ccccc1. The summed E-state index contributed by atoms with van der Waals surface area (Å²) in [7, 11) is 0. The summed E-state index contributed by atoms with van der Waals surface area (Å²) in [5.74, 6) is -0.111. The van der Waals surface area contributed by atoms with Gasteiger partial charge in [-0.05, 0) is 18.2 Å². The topological polar surface area (TPSA) is 43.1 Å². The van der Waals surface area contributed by atoms with Crippen molar-refractivity contribution in [2.45, 2.75) is 0 Å². The lowest BCUT2D eigenvalue weighted by atomic mass is 10.2. The van der Waals surface area contributed by atoms with E-state index in [0.29, 0.717) is 21.8 Å². The van der Waals surface area contributed by atoms with E-state index in [9.17, 15) is 4.79 Å². The summed E-state index contributed by atoms with van der Waals surface area (Å²) in [4.78, 5) is 12.1. The molecular weight excluding hydrogens is 223 g/mol. The largest absolute Gasteiger partial charge is 0.398 e. The molecule has 0 saturated carbocycles. The van der Waals surface area contributed by atoms with Gasteiger partial charge in [0.2, 0.25) is 0 Å². The van der Waals surface area contributed by atoms with Gasteiger partial charge in [-0.1, -0.05) is 41.9 Å². The van der Waals surface area contributed by atoms with Gasteiger partial charge in [0.1, 0.15) is 0 Å². The van der Waals surface area contributed by atoms with Crippen molar-refractivity contribution in [1.82, 2.24) is 0 Å². The van der Waals surface area contributed by atoms with Crippen molar-refractivity contribution < 1.29 is 4.79 Å². The molecular formula is C13H10ClNO. The summed E-state index contributed by atoms with van der Waals surface area (Å²) >= 11 is 5.84. The van der Waals surface area contributed by atoms with E-state index in [1.54, 1.807) is 30.3 Å². The Bertz CT molecular complexity index is 523. The van der Waals surface area contributed by atoms with Crippen LogP contribution in [0.1, 0.15) is 15.9 Å². The molecule has 0 aromatic heterocycles. The molecule has 0 fully saturated rings. The number of nitrogens with two attached hydrogens (primary N) is 1. The first-order valence-corrected chi connectivity index (χ1v) is 5.21. The number of ketones is 1. The number of hydrogen-bond acceptors (Lipinski definition) is 2. The van der Waals surface area contributed by atoms with Crippen molar-refractivity contribution >= 4 is 23.1 Å². The van der Waals surface area contributed by atoms with Crippen LogP contribution in [0.3, 0.4) is 0 Å². The van der Waals surface area contributed by atoms with Crippen molar-refractivity contribution in [3.8, 4) is 0 Å². The van der Waals surface area contributed by atoms with E-state index < -0.39 is 0 Å². The van der Waals surface area contributed by atoms with Gasteiger partial charge in [0, 0.05) is 21.8 Å². The first kappa shape index (κ1) is 10.7.